The lowest BCUT2D eigenvalue weighted by Crippen LogP contribution is -2.11. The van der Waals surface area contributed by atoms with E-state index < -0.39 is 5.97 Å². The molecule has 0 atom stereocenters. The number of aromatic hydroxyl groups is 1. The van der Waals surface area contributed by atoms with Crippen molar-refractivity contribution >= 4 is 17.9 Å². The van der Waals surface area contributed by atoms with Gasteiger partial charge >= 0.3 is 17.9 Å². The molecule has 8 nitrogen and oxygen atoms in total. The molecule has 1 heterocycles. The monoisotopic (exact) mass is 510 g/mol. The van der Waals surface area contributed by atoms with E-state index in [1.807, 2.05) is 45.9 Å². The summed E-state index contributed by atoms with van der Waals surface area (Å²) in [4.78, 5) is 36.1. The van der Waals surface area contributed by atoms with Crippen LogP contribution in [0, 0.1) is 6.92 Å². The van der Waals surface area contributed by atoms with E-state index in [2.05, 4.69) is 0 Å². The Bertz CT molecular complexity index is 1190. The van der Waals surface area contributed by atoms with Crippen molar-refractivity contribution in [3.63, 3.8) is 0 Å². The Labute approximate surface area is 217 Å². The summed E-state index contributed by atoms with van der Waals surface area (Å²) in [6.07, 6.45) is 3.61. The number of cyclic esters (lactones) is 1. The van der Waals surface area contributed by atoms with Crippen LogP contribution in [0.15, 0.2) is 35.9 Å². The Balaban J connectivity index is 1.53. The Morgan fingerprint density at radius 1 is 1.11 bits per heavy atom. The van der Waals surface area contributed by atoms with Gasteiger partial charge in [-0.2, -0.15) is 0 Å². The third kappa shape index (κ3) is 7.12. The summed E-state index contributed by atoms with van der Waals surface area (Å²) in [7, 11) is 1.52. The van der Waals surface area contributed by atoms with E-state index in [9.17, 15) is 19.5 Å². The van der Waals surface area contributed by atoms with Crippen molar-refractivity contribution in [2.45, 2.75) is 72.5 Å². The molecule has 0 saturated heterocycles. The number of aryl methyl sites for hydroxylation is 1. The van der Waals surface area contributed by atoms with Crippen LogP contribution in [0.1, 0.15) is 72.6 Å². The molecule has 0 amide bonds. The summed E-state index contributed by atoms with van der Waals surface area (Å²) in [6, 6.07) is 7.06. The molecule has 0 aliphatic carbocycles. The predicted octanol–water partition coefficient (Wildman–Crippen LogP) is 5.14. The first-order valence-corrected chi connectivity index (χ1v) is 12.3. The summed E-state index contributed by atoms with van der Waals surface area (Å²) in [5, 5.41) is 10.7. The van der Waals surface area contributed by atoms with Crippen LogP contribution < -0.4 is 9.47 Å². The molecule has 198 valence electrons. The standard InChI is InChI=1S/C29H34O8/c1-17(2)36-24(30)15-10-20-8-11-21(12-9-20)37-25(31)14-7-18(3)6-13-22-27(32)26-23(16-35-29(26)33)19(4)28(22)34-5/h6,8-9,11-12,17,32H,7,10,13-16H2,1-5H3/b18-6+. The first kappa shape index (κ1) is 27.8. The summed E-state index contributed by atoms with van der Waals surface area (Å²) in [5.74, 6) is -0.296. The van der Waals surface area contributed by atoms with Gasteiger partial charge in [0.05, 0.1) is 13.2 Å². The van der Waals surface area contributed by atoms with Crippen LogP contribution in [0.25, 0.3) is 0 Å². The minimum absolute atomic E-state index is 0.122. The van der Waals surface area contributed by atoms with Gasteiger partial charge in [0.25, 0.3) is 0 Å². The maximum Gasteiger partial charge on any atom is 0.342 e. The normalized spacial score (nSPS) is 12.8. The summed E-state index contributed by atoms with van der Waals surface area (Å²) in [5.41, 5.74) is 4.01. The Morgan fingerprint density at radius 3 is 2.46 bits per heavy atom. The fourth-order valence-electron chi connectivity index (χ4n) is 4.18. The zero-order valence-electron chi connectivity index (χ0n) is 22.0. The zero-order chi connectivity index (χ0) is 27.1. The molecule has 0 spiro atoms. The van der Waals surface area contributed by atoms with E-state index in [1.54, 1.807) is 12.1 Å². The van der Waals surface area contributed by atoms with E-state index >= 15 is 0 Å². The molecule has 2 aromatic rings. The van der Waals surface area contributed by atoms with Crippen LogP contribution >= 0.6 is 0 Å². The van der Waals surface area contributed by atoms with Gasteiger partial charge in [0, 0.05) is 24.0 Å². The Hall–Kier alpha value is -3.81. The molecule has 1 aliphatic rings. The fourth-order valence-corrected chi connectivity index (χ4v) is 4.18. The second-order valence-corrected chi connectivity index (χ2v) is 9.33. The lowest BCUT2D eigenvalue weighted by molar-refractivity contribution is -0.147. The minimum Gasteiger partial charge on any atom is -0.507 e. The number of hydrogen-bond donors (Lipinski definition) is 1. The summed E-state index contributed by atoms with van der Waals surface area (Å²) >= 11 is 0. The number of carbonyl (C=O) groups is 3. The van der Waals surface area contributed by atoms with E-state index in [0.29, 0.717) is 48.3 Å². The highest BCUT2D eigenvalue weighted by Gasteiger charge is 2.31. The SMILES string of the molecule is COc1c(C)c2c(c(O)c1C/C=C(\C)CCC(=O)Oc1ccc(CCC(=O)OC(C)C)cc1)C(=O)OC2. The number of ether oxygens (including phenoxy) is 4. The fraction of sp³-hybridized carbons (Fsp3) is 0.414. The Kier molecular flexibility index (Phi) is 9.33. The van der Waals surface area contributed by atoms with Gasteiger partial charge in [-0.1, -0.05) is 23.8 Å². The number of esters is 3. The number of benzene rings is 2. The molecule has 1 N–H and O–H groups in total. The average molecular weight is 511 g/mol. The number of phenolic OH excluding ortho intramolecular Hbond substituents is 1. The van der Waals surface area contributed by atoms with E-state index in [1.165, 1.54) is 7.11 Å². The quantitative estimate of drug-likeness (QED) is 0.252. The van der Waals surface area contributed by atoms with Gasteiger partial charge in [0.15, 0.2) is 0 Å². The van der Waals surface area contributed by atoms with Gasteiger partial charge in [-0.25, -0.2) is 4.79 Å². The van der Waals surface area contributed by atoms with Crippen LogP contribution in [0.3, 0.4) is 0 Å². The smallest absolute Gasteiger partial charge is 0.342 e. The Morgan fingerprint density at radius 2 is 1.81 bits per heavy atom. The highest BCUT2D eigenvalue weighted by Crippen LogP contribution is 2.42. The molecule has 8 heteroatoms. The van der Waals surface area contributed by atoms with E-state index in [0.717, 1.165) is 16.7 Å². The summed E-state index contributed by atoms with van der Waals surface area (Å²) < 4.78 is 21.1. The zero-order valence-corrected chi connectivity index (χ0v) is 22.0. The first-order valence-electron chi connectivity index (χ1n) is 12.3. The maximum atomic E-state index is 12.3. The third-order valence-electron chi connectivity index (χ3n) is 6.17. The van der Waals surface area contributed by atoms with E-state index in [4.69, 9.17) is 18.9 Å². The van der Waals surface area contributed by atoms with Crippen LogP contribution in [-0.2, 0) is 38.5 Å². The topological polar surface area (TPSA) is 108 Å². The number of phenols is 1. The highest BCUT2D eigenvalue weighted by atomic mass is 16.5. The van der Waals surface area contributed by atoms with Gasteiger partial charge in [-0.05, 0) is 70.2 Å². The predicted molar refractivity (Wildman–Crippen MR) is 137 cm³/mol. The van der Waals surface area contributed by atoms with Crippen LogP contribution in [0.2, 0.25) is 0 Å². The molecular weight excluding hydrogens is 476 g/mol. The molecule has 0 radical (unpaired) electrons. The number of rotatable bonds is 11. The van der Waals surface area contributed by atoms with Crippen molar-refractivity contribution in [2.75, 3.05) is 7.11 Å². The minimum atomic E-state index is -0.537. The molecule has 1 aliphatic heterocycles. The molecule has 0 unspecified atom stereocenters. The van der Waals surface area contributed by atoms with Crippen molar-refractivity contribution < 1.29 is 38.4 Å². The van der Waals surface area contributed by atoms with Gasteiger partial charge < -0.3 is 24.1 Å². The lowest BCUT2D eigenvalue weighted by Gasteiger charge is -2.15. The molecule has 0 fully saturated rings. The average Bonchev–Trinajstić information content (AvgIpc) is 3.25. The highest BCUT2D eigenvalue weighted by molar-refractivity contribution is 5.98. The van der Waals surface area contributed by atoms with Gasteiger partial charge in [0.1, 0.15) is 29.4 Å². The number of carbonyl (C=O) groups excluding carboxylic acids is 3. The molecular formula is C29H34O8. The molecule has 3 rings (SSSR count). The van der Waals surface area contributed by atoms with Crippen LogP contribution in [-0.4, -0.2) is 36.2 Å². The second-order valence-electron chi connectivity index (χ2n) is 9.33. The number of allylic oxidation sites excluding steroid dienone is 2. The number of hydrogen-bond acceptors (Lipinski definition) is 8. The second kappa shape index (κ2) is 12.4. The lowest BCUT2D eigenvalue weighted by atomic mass is 9.94. The van der Waals surface area contributed by atoms with Crippen molar-refractivity contribution in [1.82, 2.24) is 0 Å². The number of methoxy groups -OCH3 is 1. The maximum absolute atomic E-state index is 12.3. The van der Waals surface area contributed by atoms with Gasteiger partial charge in [-0.15, -0.1) is 0 Å². The molecule has 0 bridgehead atoms. The van der Waals surface area contributed by atoms with Gasteiger partial charge in [-0.3, -0.25) is 9.59 Å². The molecule has 0 aromatic heterocycles. The first-order chi connectivity index (χ1) is 17.6. The van der Waals surface area contributed by atoms with Crippen molar-refractivity contribution in [3.05, 3.63) is 63.7 Å². The van der Waals surface area contributed by atoms with Crippen molar-refractivity contribution in [1.29, 1.82) is 0 Å². The number of fused-ring (bicyclic) bond motifs is 1. The molecule has 0 saturated carbocycles. The van der Waals surface area contributed by atoms with Gasteiger partial charge in [0.2, 0.25) is 0 Å². The van der Waals surface area contributed by atoms with Crippen molar-refractivity contribution in [2.24, 2.45) is 0 Å². The van der Waals surface area contributed by atoms with E-state index in [-0.39, 0.29) is 42.4 Å². The summed E-state index contributed by atoms with van der Waals surface area (Å²) in [6.45, 7) is 7.48. The molecule has 37 heavy (non-hydrogen) atoms. The van der Waals surface area contributed by atoms with Crippen LogP contribution in [0.4, 0.5) is 0 Å². The largest absolute Gasteiger partial charge is 0.507 e. The third-order valence-corrected chi connectivity index (χ3v) is 6.17. The van der Waals surface area contributed by atoms with Crippen molar-refractivity contribution in [3.8, 4) is 17.2 Å². The van der Waals surface area contributed by atoms with Crippen LogP contribution in [0.5, 0.6) is 17.2 Å². The molecule has 2 aromatic carbocycles.